The van der Waals surface area contributed by atoms with Crippen molar-refractivity contribution in [3.63, 3.8) is 0 Å². The molecule has 0 bridgehead atoms. The van der Waals surface area contributed by atoms with E-state index in [1.165, 1.54) is 18.2 Å². The van der Waals surface area contributed by atoms with Crippen molar-refractivity contribution in [2.45, 2.75) is 24.6 Å². The number of carbonyl (C=O) groups is 1. The van der Waals surface area contributed by atoms with Gasteiger partial charge in [-0.3, -0.25) is 4.79 Å². The summed E-state index contributed by atoms with van der Waals surface area (Å²) in [4.78, 5) is 12.8. The summed E-state index contributed by atoms with van der Waals surface area (Å²) in [5, 5.41) is 58.2. The van der Waals surface area contributed by atoms with Gasteiger partial charge in [-0.1, -0.05) is 6.07 Å². The number of hydrogen-bond acceptors (Lipinski definition) is 9. The van der Waals surface area contributed by atoms with Gasteiger partial charge in [-0.15, -0.1) is 0 Å². The summed E-state index contributed by atoms with van der Waals surface area (Å²) < 4.78 is 10.7. The maximum atomic E-state index is 12.8. The van der Waals surface area contributed by atoms with Gasteiger partial charge in [-0.05, 0) is 24.3 Å². The minimum atomic E-state index is -1.49. The predicted octanol–water partition coefficient (Wildman–Crippen LogP) is -0.148. The van der Waals surface area contributed by atoms with Crippen molar-refractivity contribution in [2.75, 3.05) is 6.61 Å². The fourth-order valence-electron chi connectivity index (χ4n) is 2.80. The zero-order valence-corrected chi connectivity index (χ0v) is 13.9. The molecule has 1 fully saturated rings. The first kappa shape index (κ1) is 18.9. The van der Waals surface area contributed by atoms with Crippen molar-refractivity contribution in [1.82, 2.24) is 0 Å². The molecule has 0 radical (unpaired) electrons. The molecule has 0 aliphatic carbocycles. The Hall–Kier alpha value is -2.85. The molecule has 3 rings (SSSR count). The van der Waals surface area contributed by atoms with Crippen molar-refractivity contribution >= 4 is 5.78 Å². The fraction of sp³-hybridized carbons (Fsp3) is 0.278. The average Bonchev–Trinajstić information content (AvgIpc) is 2.88. The summed E-state index contributed by atoms with van der Waals surface area (Å²) in [6, 6.07) is 7.21. The molecule has 1 heterocycles. The number of ether oxygens (including phenoxy) is 2. The first-order chi connectivity index (χ1) is 12.8. The number of hydrogen-bond donors (Lipinski definition) is 6. The molecule has 6 N–H and O–H groups in total. The van der Waals surface area contributed by atoms with Crippen LogP contribution in [0.3, 0.4) is 0 Å². The zero-order chi connectivity index (χ0) is 19.7. The number of phenols is 3. The van der Waals surface area contributed by atoms with Crippen LogP contribution in [-0.2, 0) is 4.74 Å². The Labute approximate surface area is 153 Å². The van der Waals surface area contributed by atoms with Crippen LogP contribution in [0.2, 0.25) is 0 Å². The third-order valence-electron chi connectivity index (χ3n) is 4.14. The largest absolute Gasteiger partial charge is 0.508 e. The molecule has 27 heavy (non-hydrogen) atoms. The maximum Gasteiger partial charge on any atom is 0.229 e. The number of aromatic hydroxyl groups is 3. The van der Waals surface area contributed by atoms with Gasteiger partial charge in [0.05, 0.1) is 6.61 Å². The zero-order valence-electron chi connectivity index (χ0n) is 13.9. The molecule has 0 saturated carbocycles. The summed E-state index contributed by atoms with van der Waals surface area (Å²) in [7, 11) is 0. The van der Waals surface area contributed by atoms with Crippen LogP contribution in [0.1, 0.15) is 15.9 Å². The molecule has 2 aromatic rings. The second-order valence-electron chi connectivity index (χ2n) is 6.04. The topological polar surface area (TPSA) is 157 Å². The minimum absolute atomic E-state index is 0.111. The second kappa shape index (κ2) is 7.41. The molecule has 2 aromatic carbocycles. The standard InChI is InChI=1S/C18H18O9/c19-7-13-16(24)17(25)18(27-13)26-12-3-1-2-11(22)14(12)15(23)8-4-9(20)6-10(21)5-8/h1-6,13,16-22,24-25H,7H2/t13-,16-,17+,18+/m0/s1. The van der Waals surface area contributed by atoms with E-state index in [0.717, 1.165) is 18.2 Å². The van der Waals surface area contributed by atoms with Gasteiger partial charge in [0.15, 0.2) is 0 Å². The molecular weight excluding hydrogens is 360 g/mol. The lowest BCUT2D eigenvalue weighted by molar-refractivity contribution is -0.116. The Balaban J connectivity index is 1.94. The van der Waals surface area contributed by atoms with E-state index in [1.807, 2.05) is 0 Å². The summed E-state index contributed by atoms with van der Waals surface area (Å²) in [5.41, 5.74) is -0.403. The lowest BCUT2D eigenvalue weighted by Gasteiger charge is -2.19. The third-order valence-corrected chi connectivity index (χ3v) is 4.14. The quantitative estimate of drug-likeness (QED) is 0.389. The Morgan fingerprint density at radius 1 is 1.04 bits per heavy atom. The van der Waals surface area contributed by atoms with E-state index in [-0.39, 0.29) is 28.4 Å². The first-order valence-electron chi connectivity index (χ1n) is 8.00. The number of benzene rings is 2. The molecule has 1 aliphatic rings. The highest BCUT2D eigenvalue weighted by Gasteiger charge is 2.44. The molecule has 0 amide bonds. The summed E-state index contributed by atoms with van der Waals surface area (Å²) in [6.07, 6.45) is -5.33. The van der Waals surface area contributed by atoms with Crippen LogP contribution in [0, 0.1) is 0 Å². The van der Waals surface area contributed by atoms with Gasteiger partial charge >= 0.3 is 0 Å². The van der Waals surface area contributed by atoms with Crippen molar-refractivity contribution < 1.29 is 44.9 Å². The highest BCUT2D eigenvalue weighted by Crippen LogP contribution is 2.34. The number of ketones is 1. The number of aliphatic hydroxyl groups is 3. The van der Waals surface area contributed by atoms with E-state index in [0.29, 0.717) is 0 Å². The van der Waals surface area contributed by atoms with Gasteiger partial charge in [0.2, 0.25) is 12.1 Å². The van der Waals surface area contributed by atoms with E-state index in [2.05, 4.69) is 0 Å². The van der Waals surface area contributed by atoms with Gasteiger partial charge < -0.3 is 40.1 Å². The Morgan fingerprint density at radius 2 is 1.70 bits per heavy atom. The van der Waals surface area contributed by atoms with Crippen LogP contribution in [-0.4, -0.2) is 67.6 Å². The highest BCUT2D eigenvalue weighted by molar-refractivity contribution is 6.12. The normalized spacial score (nSPS) is 24.7. The van der Waals surface area contributed by atoms with Crippen LogP contribution in [0.5, 0.6) is 23.0 Å². The van der Waals surface area contributed by atoms with Crippen molar-refractivity contribution in [2.24, 2.45) is 0 Å². The molecule has 9 heteroatoms. The number of aliphatic hydroxyl groups excluding tert-OH is 3. The minimum Gasteiger partial charge on any atom is -0.508 e. The second-order valence-corrected chi connectivity index (χ2v) is 6.04. The molecular formula is C18H18O9. The fourth-order valence-corrected chi connectivity index (χ4v) is 2.80. The number of rotatable bonds is 5. The van der Waals surface area contributed by atoms with E-state index in [9.17, 15) is 30.3 Å². The average molecular weight is 378 g/mol. The molecule has 0 spiro atoms. The van der Waals surface area contributed by atoms with Crippen molar-refractivity contribution in [1.29, 1.82) is 0 Å². The molecule has 1 saturated heterocycles. The molecule has 9 nitrogen and oxygen atoms in total. The molecule has 144 valence electrons. The van der Waals surface area contributed by atoms with Gasteiger partial charge in [0, 0.05) is 11.6 Å². The van der Waals surface area contributed by atoms with E-state index in [1.54, 1.807) is 0 Å². The van der Waals surface area contributed by atoms with E-state index < -0.39 is 42.7 Å². The van der Waals surface area contributed by atoms with Gasteiger partial charge in [0.25, 0.3) is 0 Å². The van der Waals surface area contributed by atoms with E-state index in [4.69, 9.17) is 14.6 Å². The van der Waals surface area contributed by atoms with Gasteiger partial charge in [0.1, 0.15) is 46.9 Å². The monoisotopic (exact) mass is 378 g/mol. The molecule has 0 unspecified atom stereocenters. The highest BCUT2D eigenvalue weighted by atomic mass is 16.7. The molecule has 1 aliphatic heterocycles. The summed E-state index contributed by atoms with van der Waals surface area (Å²) >= 11 is 0. The first-order valence-corrected chi connectivity index (χ1v) is 8.00. The predicted molar refractivity (Wildman–Crippen MR) is 89.7 cm³/mol. The Kier molecular flexibility index (Phi) is 5.19. The number of carbonyl (C=O) groups excluding carboxylic acids is 1. The summed E-state index contributed by atoms with van der Waals surface area (Å²) in [5.74, 6) is -2.05. The van der Waals surface area contributed by atoms with Crippen molar-refractivity contribution in [3.8, 4) is 23.0 Å². The van der Waals surface area contributed by atoms with Gasteiger partial charge in [-0.2, -0.15) is 0 Å². The van der Waals surface area contributed by atoms with Crippen LogP contribution < -0.4 is 4.74 Å². The number of phenolic OH excluding ortho intramolecular Hbond substituents is 3. The summed E-state index contributed by atoms with van der Waals surface area (Å²) in [6.45, 7) is -0.549. The van der Waals surface area contributed by atoms with Crippen molar-refractivity contribution in [3.05, 3.63) is 47.5 Å². The SMILES string of the molecule is O=C(c1cc(O)cc(O)c1)c1c(O)cccc1O[C@@H]1O[C@@H](CO)[C@H](O)[C@H]1O. The van der Waals surface area contributed by atoms with Crippen LogP contribution in [0.25, 0.3) is 0 Å². The Morgan fingerprint density at radius 3 is 2.30 bits per heavy atom. The van der Waals surface area contributed by atoms with E-state index >= 15 is 0 Å². The third kappa shape index (κ3) is 3.67. The maximum absolute atomic E-state index is 12.8. The smallest absolute Gasteiger partial charge is 0.229 e. The molecule has 4 atom stereocenters. The lowest BCUT2D eigenvalue weighted by atomic mass is 10.0. The van der Waals surface area contributed by atoms with Gasteiger partial charge in [-0.25, -0.2) is 0 Å². The molecule has 0 aromatic heterocycles. The van der Waals surface area contributed by atoms with Crippen LogP contribution in [0.4, 0.5) is 0 Å². The van der Waals surface area contributed by atoms with Crippen LogP contribution in [0.15, 0.2) is 36.4 Å². The Bertz CT molecular complexity index is 830. The van der Waals surface area contributed by atoms with Crippen LogP contribution >= 0.6 is 0 Å². The lowest BCUT2D eigenvalue weighted by Crippen LogP contribution is -2.35.